The molecule has 0 bridgehead atoms. The van der Waals surface area contributed by atoms with E-state index in [1.54, 1.807) is 6.33 Å². The highest BCUT2D eigenvalue weighted by Gasteiger charge is 2.25. The fraction of sp³-hybridized carbons (Fsp3) is 0. The predicted molar refractivity (Wildman–Crippen MR) is 69.0 cm³/mol. The van der Waals surface area contributed by atoms with Crippen molar-refractivity contribution in [3.05, 3.63) is 53.9 Å². The molecule has 0 unspecified atom stereocenters. The third-order valence-corrected chi connectivity index (χ3v) is 3.39. The zero-order chi connectivity index (χ0) is 12.1. The van der Waals surface area contributed by atoms with Gasteiger partial charge in [-0.05, 0) is 23.3 Å². The first kappa shape index (κ1) is 9.41. The van der Waals surface area contributed by atoms with Crippen LogP contribution in [0.3, 0.4) is 0 Å². The van der Waals surface area contributed by atoms with Crippen LogP contribution in [0.2, 0.25) is 0 Å². The van der Waals surface area contributed by atoms with E-state index in [2.05, 4.69) is 15.1 Å². The molecule has 3 aromatic rings. The summed E-state index contributed by atoms with van der Waals surface area (Å²) in [5.41, 5.74) is 6.55. The molecule has 0 fully saturated rings. The minimum Gasteiger partial charge on any atom is -0.410 e. The van der Waals surface area contributed by atoms with E-state index in [-0.39, 0.29) is 0 Å². The molecule has 1 aromatic heterocycles. The van der Waals surface area contributed by atoms with Gasteiger partial charge in [0.25, 0.3) is 0 Å². The lowest BCUT2D eigenvalue weighted by molar-refractivity contribution is 0.320. The fourth-order valence-electron chi connectivity index (χ4n) is 2.58. The summed E-state index contributed by atoms with van der Waals surface area (Å²) in [7, 11) is 0. The van der Waals surface area contributed by atoms with Crippen molar-refractivity contribution < 1.29 is 5.21 Å². The number of nitrogens with zero attached hydrogens (tertiary/aromatic N) is 2. The molecule has 0 atom stereocenters. The van der Waals surface area contributed by atoms with Gasteiger partial charge in [-0.25, -0.2) is 4.98 Å². The number of rotatable bonds is 0. The van der Waals surface area contributed by atoms with Crippen LogP contribution in [-0.4, -0.2) is 20.9 Å². The van der Waals surface area contributed by atoms with Crippen molar-refractivity contribution in [2.45, 2.75) is 0 Å². The number of hydrogen-bond donors (Lipinski definition) is 2. The second kappa shape index (κ2) is 3.20. The van der Waals surface area contributed by atoms with E-state index in [0.29, 0.717) is 5.71 Å². The Morgan fingerprint density at radius 2 is 1.83 bits per heavy atom. The van der Waals surface area contributed by atoms with Gasteiger partial charge in [0.1, 0.15) is 5.71 Å². The molecule has 86 valence electrons. The summed E-state index contributed by atoms with van der Waals surface area (Å²) in [5.74, 6) is 0. The zero-order valence-corrected chi connectivity index (χ0v) is 9.38. The second-order valence-electron chi connectivity index (χ2n) is 4.31. The van der Waals surface area contributed by atoms with Crippen molar-refractivity contribution in [3.63, 3.8) is 0 Å². The number of benzene rings is 2. The molecule has 1 heterocycles. The van der Waals surface area contributed by atoms with Crippen LogP contribution in [0.15, 0.2) is 47.9 Å². The molecule has 0 amide bonds. The minimum absolute atomic E-state index is 0.622. The number of fused-ring (bicyclic) bond motifs is 4. The summed E-state index contributed by atoms with van der Waals surface area (Å²) in [4.78, 5) is 7.34. The highest BCUT2D eigenvalue weighted by atomic mass is 16.4. The molecule has 4 nitrogen and oxygen atoms in total. The van der Waals surface area contributed by atoms with Gasteiger partial charge in [0.05, 0.1) is 17.4 Å². The van der Waals surface area contributed by atoms with Crippen molar-refractivity contribution in [1.29, 1.82) is 0 Å². The van der Waals surface area contributed by atoms with E-state index in [1.165, 1.54) is 0 Å². The van der Waals surface area contributed by atoms with Gasteiger partial charge < -0.3 is 10.2 Å². The van der Waals surface area contributed by atoms with Gasteiger partial charge in [0.15, 0.2) is 0 Å². The maximum Gasteiger partial charge on any atom is 0.118 e. The highest BCUT2D eigenvalue weighted by molar-refractivity contribution is 6.25. The molecule has 0 saturated heterocycles. The number of nitrogens with one attached hydrogen (secondary N) is 1. The molecule has 1 aliphatic carbocycles. The SMILES string of the molecule is O/N=C1\c2ccccc2-c2cc3nc[nH]c3cc21. The van der Waals surface area contributed by atoms with Crippen molar-refractivity contribution in [1.82, 2.24) is 9.97 Å². The summed E-state index contributed by atoms with van der Waals surface area (Å²) >= 11 is 0. The van der Waals surface area contributed by atoms with Crippen LogP contribution in [-0.2, 0) is 0 Å². The molecule has 18 heavy (non-hydrogen) atoms. The van der Waals surface area contributed by atoms with E-state index >= 15 is 0 Å². The van der Waals surface area contributed by atoms with E-state index in [9.17, 15) is 5.21 Å². The lowest BCUT2D eigenvalue weighted by Crippen LogP contribution is -1.97. The van der Waals surface area contributed by atoms with Crippen molar-refractivity contribution >= 4 is 16.7 Å². The third-order valence-electron chi connectivity index (χ3n) is 3.39. The molecule has 1 aliphatic rings. The number of H-pyrrole nitrogens is 1. The van der Waals surface area contributed by atoms with Crippen LogP contribution in [0.25, 0.3) is 22.2 Å². The highest BCUT2D eigenvalue weighted by Crippen LogP contribution is 2.38. The predicted octanol–water partition coefficient (Wildman–Crippen LogP) is 2.77. The van der Waals surface area contributed by atoms with Crippen molar-refractivity contribution in [3.8, 4) is 11.1 Å². The summed E-state index contributed by atoms with van der Waals surface area (Å²) in [6, 6.07) is 11.9. The molecule has 2 aromatic carbocycles. The van der Waals surface area contributed by atoms with Crippen molar-refractivity contribution in [2.75, 3.05) is 0 Å². The third kappa shape index (κ3) is 1.04. The Kier molecular flexibility index (Phi) is 1.67. The summed E-state index contributed by atoms with van der Waals surface area (Å²) in [6.45, 7) is 0. The molecule has 4 heteroatoms. The van der Waals surface area contributed by atoms with E-state index in [4.69, 9.17) is 0 Å². The molecule has 4 rings (SSSR count). The number of oxime groups is 1. The van der Waals surface area contributed by atoms with Gasteiger partial charge in [-0.1, -0.05) is 29.4 Å². The average Bonchev–Trinajstić information content (AvgIpc) is 2.97. The normalized spacial score (nSPS) is 15.0. The Morgan fingerprint density at radius 1 is 1.00 bits per heavy atom. The number of aromatic nitrogens is 2. The van der Waals surface area contributed by atoms with Crippen LogP contribution in [0.1, 0.15) is 11.1 Å². The Morgan fingerprint density at radius 3 is 2.67 bits per heavy atom. The molecule has 0 saturated carbocycles. The van der Waals surface area contributed by atoms with E-state index < -0.39 is 0 Å². The van der Waals surface area contributed by atoms with Crippen LogP contribution in [0.4, 0.5) is 0 Å². The minimum atomic E-state index is 0.622. The average molecular weight is 235 g/mol. The monoisotopic (exact) mass is 235 g/mol. The molecule has 0 radical (unpaired) electrons. The lowest BCUT2D eigenvalue weighted by atomic mass is 10.1. The molecular formula is C14H9N3O. The van der Waals surface area contributed by atoms with Crippen LogP contribution in [0, 0.1) is 0 Å². The van der Waals surface area contributed by atoms with E-state index in [0.717, 1.165) is 33.3 Å². The topological polar surface area (TPSA) is 61.3 Å². The molecular weight excluding hydrogens is 226 g/mol. The van der Waals surface area contributed by atoms with Crippen LogP contribution < -0.4 is 0 Å². The maximum atomic E-state index is 9.24. The number of aromatic amines is 1. The summed E-state index contributed by atoms with van der Waals surface area (Å²) in [5, 5.41) is 12.7. The zero-order valence-electron chi connectivity index (χ0n) is 9.38. The smallest absolute Gasteiger partial charge is 0.118 e. The molecule has 0 spiro atoms. The van der Waals surface area contributed by atoms with Crippen LogP contribution >= 0.6 is 0 Å². The largest absolute Gasteiger partial charge is 0.410 e. The van der Waals surface area contributed by atoms with Gasteiger partial charge in [-0.15, -0.1) is 0 Å². The quantitative estimate of drug-likeness (QED) is 0.363. The van der Waals surface area contributed by atoms with Crippen LogP contribution in [0.5, 0.6) is 0 Å². The van der Waals surface area contributed by atoms with Gasteiger partial charge in [-0.3, -0.25) is 0 Å². The first-order valence-electron chi connectivity index (χ1n) is 5.68. The Labute approximate surface area is 103 Å². The lowest BCUT2D eigenvalue weighted by Gasteiger charge is -1.99. The van der Waals surface area contributed by atoms with Gasteiger partial charge >= 0.3 is 0 Å². The Bertz CT molecular complexity index is 802. The fourth-order valence-corrected chi connectivity index (χ4v) is 2.58. The summed E-state index contributed by atoms with van der Waals surface area (Å²) < 4.78 is 0. The first-order valence-corrected chi connectivity index (χ1v) is 5.68. The summed E-state index contributed by atoms with van der Waals surface area (Å²) in [6.07, 6.45) is 1.67. The standard InChI is InChI=1S/C14H9N3O/c18-17-14-9-4-2-1-3-8(9)10-5-12-13(6-11(10)14)16-7-15-12/h1-7,18H,(H,15,16)/b17-14+. The maximum absolute atomic E-state index is 9.24. The Balaban J connectivity index is 2.16. The number of hydrogen-bond acceptors (Lipinski definition) is 3. The first-order chi connectivity index (χ1) is 8.88. The van der Waals surface area contributed by atoms with Gasteiger partial charge in [0, 0.05) is 11.1 Å². The van der Waals surface area contributed by atoms with Gasteiger partial charge in [0.2, 0.25) is 0 Å². The van der Waals surface area contributed by atoms with E-state index in [1.807, 2.05) is 36.4 Å². The number of imidazole rings is 1. The Hall–Kier alpha value is -2.62. The van der Waals surface area contributed by atoms with Crippen molar-refractivity contribution in [2.24, 2.45) is 5.16 Å². The molecule has 0 aliphatic heterocycles. The second-order valence-corrected chi connectivity index (χ2v) is 4.31. The molecule has 2 N–H and O–H groups in total. The van der Waals surface area contributed by atoms with Gasteiger partial charge in [-0.2, -0.15) is 0 Å².